The summed E-state index contributed by atoms with van der Waals surface area (Å²) in [5.41, 5.74) is 0. The van der Waals surface area contributed by atoms with E-state index in [2.05, 4.69) is 0 Å². The summed E-state index contributed by atoms with van der Waals surface area (Å²) in [5.74, 6) is 0. The van der Waals surface area contributed by atoms with Gasteiger partial charge in [-0.25, -0.2) is 5.11 Å². The fourth-order valence-electron chi connectivity index (χ4n) is 0. The van der Waals surface area contributed by atoms with Crippen LogP contribution in [0.25, 0.3) is 0 Å². The van der Waals surface area contributed by atoms with E-state index in [1.807, 2.05) is 0 Å². The lowest BCUT2D eigenvalue weighted by atomic mass is 11.6. The second kappa shape index (κ2) is 12.7. The molecule has 2 heteroatoms. The third kappa shape index (κ3) is 254. The second-order valence-electron chi connectivity index (χ2n) is 0.129. The van der Waals surface area contributed by atoms with Crippen LogP contribution in [0.2, 0.25) is 0 Å². The Morgan fingerprint density at radius 3 is 1.75 bits per heavy atom. The van der Waals surface area contributed by atoms with Crippen molar-refractivity contribution in [3.8, 4) is 0 Å². The first-order valence-electron chi connectivity index (χ1n) is 0.605. The Bertz CT molecular complexity index is 4.00. The minimum Gasteiger partial charge on any atom is -0.368 e. The van der Waals surface area contributed by atoms with E-state index in [0.717, 1.165) is 0 Å². The maximum absolute atomic E-state index is 8.49. The SMILES string of the molecule is C.[O]CO. The molecule has 0 amide bonds. The molecule has 0 aliphatic heterocycles. The van der Waals surface area contributed by atoms with Crippen LogP contribution < -0.4 is 0 Å². The van der Waals surface area contributed by atoms with E-state index in [1.165, 1.54) is 0 Å². The molecule has 0 fully saturated rings. The zero-order valence-electron chi connectivity index (χ0n) is 1.56. The predicted molar refractivity (Wildman–Crippen MR) is 14.5 cm³/mol. The number of aliphatic hydroxyl groups excluding tert-OH is 1. The highest BCUT2D eigenvalue weighted by molar-refractivity contribution is 3.49. The molecule has 2 nitrogen and oxygen atoms in total. The Hall–Kier alpha value is -0.0800. The van der Waals surface area contributed by atoms with Crippen LogP contribution in [0.15, 0.2) is 0 Å². The molecule has 1 N–H and O–H groups in total. The highest BCUT2D eigenvalue weighted by Crippen LogP contribution is 1.21. The lowest BCUT2D eigenvalue weighted by molar-refractivity contribution is 0.0184. The molecule has 0 aromatic rings. The van der Waals surface area contributed by atoms with Crippen molar-refractivity contribution in [2.75, 3.05) is 6.79 Å². The van der Waals surface area contributed by atoms with Crippen molar-refractivity contribution < 1.29 is 10.2 Å². The minimum atomic E-state index is -1.00. The molecule has 0 aromatic carbocycles. The molecule has 0 aliphatic carbocycles. The maximum Gasteiger partial charge on any atom is 0.178 e. The van der Waals surface area contributed by atoms with Crippen molar-refractivity contribution in [1.82, 2.24) is 0 Å². The Morgan fingerprint density at radius 2 is 1.75 bits per heavy atom. The van der Waals surface area contributed by atoms with E-state index in [4.69, 9.17) is 10.2 Å². The first-order chi connectivity index (χ1) is 1.41. The highest BCUT2D eigenvalue weighted by Gasteiger charge is 1.38. The number of aliphatic hydroxyl groups is 1. The molecule has 0 heterocycles. The molecular formula is C2H7O2. The topological polar surface area (TPSA) is 40.1 Å². The number of rotatable bonds is 0. The largest absolute Gasteiger partial charge is 0.368 e. The van der Waals surface area contributed by atoms with Crippen LogP contribution in [0.5, 0.6) is 0 Å². The van der Waals surface area contributed by atoms with Gasteiger partial charge in [0.2, 0.25) is 0 Å². The first-order valence-corrected chi connectivity index (χ1v) is 0.605. The summed E-state index contributed by atoms with van der Waals surface area (Å²) in [5, 5.41) is 15.5. The van der Waals surface area contributed by atoms with Crippen LogP contribution in [0, 0.1) is 0 Å². The van der Waals surface area contributed by atoms with Crippen molar-refractivity contribution in [1.29, 1.82) is 0 Å². The van der Waals surface area contributed by atoms with E-state index < -0.39 is 6.79 Å². The zero-order chi connectivity index (χ0) is 2.71. The summed E-state index contributed by atoms with van der Waals surface area (Å²) in [6, 6.07) is 0. The van der Waals surface area contributed by atoms with E-state index in [0.29, 0.717) is 0 Å². The lowest BCUT2D eigenvalue weighted by Gasteiger charge is -1.49. The predicted octanol–water partition coefficient (Wildman–Crippen LogP) is 0.00280. The summed E-state index contributed by atoms with van der Waals surface area (Å²) >= 11 is 0. The Labute approximate surface area is 25.7 Å². The van der Waals surface area contributed by atoms with Gasteiger partial charge in [-0.1, -0.05) is 7.43 Å². The van der Waals surface area contributed by atoms with Crippen LogP contribution in [0.4, 0.5) is 0 Å². The van der Waals surface area contributed by atoms with Crippen molar-refractivity contribution >= 4 is 0 Å². The molecule has 0 saturated carbocycles. The van der Waals surface area contributed by atoms with Gasteiger partial charge in [0.15, 0.2) is 6.79 Å². The second-order valence-corrected chi connectivity index (χ2v) is 0.129. The van der Waals surface area contributed by atoms with Crippen molar-refractivity contribution in [3.63, 3.8) is 0 Å². The maximum atomic E-state index is 8.49. The average Bonchev–Trinajstić information content (AvgIpc) is 0.918. The van der Waals surface area contributed by atoms with E-state index in [9.17, 15) is 0 Å². The van der Waals surface area contributed by atoms with Crippen LogP contribution in [-0.2, 0) is 5.11 Å². The van der Waals surface area contributed by atoms with Crippen molar-refractivity contribution in [3.05, 3.63) is 0 Å². The summed E-state index contributed by atoms with van der Waals surface area (Å²) in [6.45, 7) is -1.00. The van der Waals surface area contributed by atoms with E-state index in [1.54, 1.807) is 0 Å². The Balaban J connectivity index is 0. The molecule has 0 spiro atoms. The van der Waals surface area contributed by atoms with Gasteiger partial charge in [-0.05, 0) is 0 Å². The normalized spacial score (nSPS) is 4.50. The van der Waals surface area contributed by atoms with Gasteiger partial charge in [-0.15, -0.1) is 0 Å². The van der Waals surface area contributed by atoms with Crippen molar-refractivity contribution in [2.45, 2.75) is 7.43 Å². The standard InChI is InChI=1S/CH3O2.CH4/c2-1-3;/h2H,1H2;1H4. The fraction of sp³-hybridized carbons (Fsp3) is 1.00. The molecule has 0 rings (SSSR count). The van der Waals surface area contributed by atoms with Gasteiger partial charge in [-0.3, -0.25) is 0 Å². The van der Waals surface area contributed by atoms with Gasteiger partial charge >= 0.3 is 0 Å². The number of hydrogen-bond acceptors (Lipinski definition) is 1. The monoisotopic (exact) mass is 63.0 g/mol. The molecule has 1 radical (unpaired) electrons. The third-order valence-corrected chi connectivity index (χ3v) is 0. The molecule has 0 saturated heterocycles. The van der Waals surface area contributed by atoms with Crippen LogP contribution >= 0.6 is 0 Å². The van der Waals surface area contributed by atoms with Gasteiger partial charge in [-0.2, -0.15) is 0 Å². The first kappa shape index (κ1) is 9.07. The summed E-state index contributed by atoms with van der Waals surface area (Å²) in [7, 11) is 0. The Kier molecular flexibility index (Phi) is 28.8. The van der Waals surface area contributed by atoms with Gasteiger partial charge in [0, 0.05) is 0 Å². The molecule has 0 aliphatic rings. The zero-order valence-corrected chi connectivity index (χ0v) is 1.56. The Morgan fingerprint density at radius 1 is 1.75 bits per heavy atom. The van der Waals surface area contributed by atoms with Gasteiger partial charge in [0.25, 0.3) is 0 Å². The smallest absolute Gasteiger partial charge is 0.178 e. The van der Waals surface area contributed by atoms with Crippen LogP contribution in [0.1, 0.15) is 7.43 Å². The summed E-state index contributed by atoms with van der Waals surface area (Å²) in [6.07, 6.45) is 0. The van der Waals surface area contributed by atoms with Gasteiger partial charge in [0.1, 0.15) is 0 Å². The minimum absolute atomic E-state index is 0. The molecule has 4 heavy (non-hydrogen) atoms. The fourth-order valence-corrected chi connectivity index (χ4v) is 0. The molecule has 0 unspecified atom stereocenters. The highest BCUT2D eigenvalue weighted by atomic mass is 16.5. The van der Waals surface area contributed by atoms with Gasteiger partial charge in [0.05, 0.1) is 0 Å². The summed E-state index contributed by atoms with van der Waals surface area (Å²) < 4.78 is 0. The quantitative estimate of drug-likeness (QED) is 0.395. The molecule has 0 atom stereocenters. The molecular weight excluding hydrogens is 56.0 g/mol. The van der Waals surface area contributed by atoms with Crippen LogP contribution in [0.3, 0.4) is 0 Å². The van der Waals surface area contributed by atoms with Crippen molar-refractivity contribution in [2.24, 2.45) is 0 Å². The average molecular weight is 63.1 g/mol. The van der Waals surface area contributed by atoms with Crippen LogP contribution in [-0.4, -0.2) is 11.9 Å². The lowest BCUT2D eigenvalue weighted by Crippen LogP contribution is -1.62. The molecule has 27 valence electrons. The summed E-state index contributed by atoms with van der Waals surface area (Å²) in [4.78, 5) is 0. The van der Waals surface area contributed by atoms with Gasteiger partial charge < -0.3 is 5.11 Å². The van der Waals surface area contributed by atoms with E-state index in [-0.39, 0.29) is 7.43 Å². The molecule has 0 bridgehead atoms. The number of hydrogen-bond donors (Lipinski definition) is 1. The van der Waals surface area contributed by atoms with E-state index >= 15 is 0 Å². The third-order valence-electron chi connectivity index (χ3n) is 0. The molecule has 0 aromatic heterocycles.